The summed E-state index contributed by atoms with van der Waals surface area (Å²) in [6.07, 6.45) is -2.10. The molecule has 45 heavy (non-hydrogen) atoms. The molecule has 0 radical (unpaired) electrons. The van der Waals surface area contributed by atoms with Gasteiger partial charge in [0.1, 0.15) is 17.3 Å². The quantitative estimate of drug-likeness (QED) is 0.174. The first kappa shape index (κ1) is 31.4. The highest BCUT2D eigenvalue weighted by Gasteiger charge is 2.30. The number of carbonyl (C=O) groups is 1. The molecule has 5 rings (SSSR count). The molecule has 5 aromatic rings. The molecule has 0 saturated carbocycles. The Morgan fingerprint density at radius 2 is 1.73 bits per heavy atom. The number of hydrogen-bond acceptors (Lipinski definition) is 8. The third kappa shape index (κ3) is 7.56. The lowest BCUT2D eigenvalue weighted by Crippen LogP contribution is -2.24. The summed E-state index contributed by atoms with van der Waals surface area (Å²) in [6, 6.07) is 19.3. The monoisotopic (exact) mass is 643 g/mol. The van der Waals surface area contributed by atoms with Gasteiger partial charge in [-0.3, -0.25) is 4.79 Å². The maximum atomic E-state index is 13.6. The SMILES string of the molecule is CS(=O)(=O)c1cccc(OCC(F)(F)F)c1Nc1nc2ccc(-c3ccc(NC(=O)C(CO)c4cccc(F)c4)cc3)cn2n1. The predicted octanol–water partition coefficient (Wildman–Crippen LogP) is 5.34. The Labute approximate surface area is 254 Å². The summed E-state index contributed by atoms with van der Waals surface area (Å²) in [5.41, 5.74) is 2.32. The predicted molar refractivity (Wildman–Crippen MR) is 158 cm³/mol. The van der Waals surface area contributed by atoms with Crippen molar-refractivity contribution in [2.24, 2.45) is 0 Å². The largest absolute Gasteiger partial charge is 0.482 e. The highest BCUT2D eigenvalue weighted by Crippen LogP contribution is 2.35. The number of carbonyl (C=O) groups excluding carboxylic acids is 1. The van der Waals surface area contributed by atoms with Gasteiger partial charge in [-0.25, -0.2) is 17.3 Å². The van der Waals surface area contributed by atoms with Gasteiger partial charge in [0.15, 0.2) is 22.1 Å². The lowest BCUT2D eigenvalue weighted by atomic mass is 9.99. The number of halogens is 4. The number of aromatic nitrogens is 3. The minimum absolute atomic E-state index is 0.0881. The van der Waals surface area contributed by atoms with Gasteiger partial charge in [0.05, 0.1) is 17.4 Å². The third-order valence-electron chi connectivity index (χ3n) is 6.58. The van der Waals surface area contributed by atoms with Crippen molar-refractivity contribution in [1.82, 2.24) is 14.6 Å². The number of sulfone groups is 1. The molecule has 1 atom stereocenters. The van der Waals surface area contributed by atoms with Crippen molar-refractivity contribution in [3.63, 3.8) is 0 Å². The lowest BCUT2D eigenvalue weighted by Gasteiger charge is -2.15. The molecule has 10 nitrogen and oxygen atoms in total. The molecule has 0 aliphatic carbocycles. The van der Waals surface area contributed by atoms with Crippen LogP contribution in [0.4, 0.5) is 34.9 Å². The van der Waals surface area contributed by atoms with E-state index in [1.54, 1.807) is 48.7 Å². The average Bonchev–Trinajstić information content (AvgIpc) is 3.38. The Bertz CT molecular complexity index is 1960. The number of amides is 1. The molecule has 0 bridgehead atoms. The lowest BCUT2D eigenvalue weighted by molar-refractivity contribution is -0.153. The fourth-order valence-electron chi connectivity index (χ4n) is 4.48. The smallest absolute Gasteiger partial charge is 0.422 e. The van der Waals surface area contributed by atoms with E-state index in [-0.39, 0.29) is 22.3 Å². The van der Waals surface area contributed by atoms with E-state index in [1.165, 1.54) is 40.9 Å². The van der Waals surface area contributed by atoms with E-state index in [0.717, 1.165) is 11.8 Å². The first-order valence-electron chi connectivity index (χ1n) is 13.2. The Kier molecular flexibility index (Phi) is 8.75. The number of rotatable bonds is 10. The van der Waals surface area contributed by atoms with E-state index in [2.05, 4.69) is 20.7 Å². The number of pyridine rings is 1. The van der Waals surface area contributed by atoms with Crippen molar-refractivity contribution in [1.29, 1.82) is 0 Å². The molecule has 15 heteroatoms. The van der Waals surface area contributed by atoms with E-state index in [4.69, 9.17) is 4.74 Å². The minimum Gasteiger partial charge on any atom is -0.482 e. The molecule has 3 N–H and O–H groups in total. The molecular weight excluding hydrogens is 618 g/mol. The van der Waals surface area contributed by atoms with E-state index < -0.39 is 46.9 Å². The van der Waals surface area contributed by atoms with Crippen LogP contribution in [0.25, 0.3) is 16.8 Å². The van der Waals surface area contributed by atoms with Gasteiger partial charge in [-0.2, -0.15) is 18.2 Å². The fourth-order valence-corrected chi connectivity index (χ4v) is 5.33. The van der Waals surface area contributed by atoms with Crippen LogP contribution in [0.15, 0.2) is 90.0 Å². The van der Waals surface area contributed by atoms with Gasteiger partial charge in [0.2, 0.25) is 11.9 Å². The van der Waals surface area contributed by atoms with Crippen LogP contribution in [0.3, 0.4) is 0 Å². The fraction of sp³-hybridized carbons (Fsp3) is 0.167. The number of fused-ring (bicyclic) bond motifs is 1. The first-order valence-corrected chi connectivity index (χ1v) is 15.1. The summed E-state index contributed by atoms with van der Waals surface area (Å²) in [4.78, 5) is 16.8. The zero-order valence-corrected chi connectivity index (χ0v) is 24.2. The van der Waals surface area contributed by atoms with Crippen LogP contribution in [0.1, 0.15) is 11.5 Å². The second kappa shape index (κ2) is 12.5. The van der Waals surface area contributed by atoms with Gasteiger partial charge in [-0.1, -0.05) is 30.3 Å². The Morgan fingerprint density at radius 1 is 1.02 bits per heavy atom. The number of anilines is 3. The zero-order chi connectivity index (χ0) is 32.4. The number of aliphatic hydroxyl groups excluding tert-OH is 1. The maximum absolute atomic E-state index is 13.6. The van der Waals surface area contributed by atoms with Crippen molar-refractivity contribution in [2.75, 3.05) is 30.1 Å². The molecule has 2 aromatic heterocycles. The van der Waals surface area contributed by atoms with E-state index in [9.17, 15) is 35.9 Å². The van der Waals surface area contributed by atoms with Crippen LogP contribution in [0.2, 0.25) is 0 Å². The minimum atomic E-state index is -4.65. The number of nitrogens with zero attached hydrogens (tertiary/aromatic N) is 3. The van der Waals surface area contributed by atoms with E-state index in [1.807, 2.05) is 0 Å². The van der Waals surface area contributed by atoms with Crippen molar-refractivity contribution < 1.29 is 40.6 Å². The molecule has 0 aliphatic rings. The number of hydrogen-bond donors (Lipinski definition) is 3. The molecule has 0 aliphatic heterocycles. The van der Waals surface area contributed by atoms with Gasteiger partial charge in [0, 0.05) is 23.7 Å². The van der Waals surface area contributed by atoms with Crippen LogP contribution in [-0.2, 0) is 14.6 Å². The van der Waals surface area contributed by atoms with E-state index in [0.29, 0.717) is 22.5 Å². The molecule has 1 amide bonds. The highest BCUT2D eigenvalue weighted by molar-refractivity contribution is 7.90. The average molecular weight is 644 g/mol. The third-order valence-corrected chi connectivity index (χ3v) is 7.72. The normalized spacial score (nSPS) is 12.6. The summed E-state index contributed by atoms with van der Waals surface area (Å²) >= 11 is 0. The molecule has 2 heterocycles. The van der Waals surface area contributed by atoms with Crippen molar-refractivity contribution in [3.05, 3.63) is 96.4 Å². The molecule has 0 saturated heterocycles. The molecule has 0 fully saturated rings. The summed E-state index contributed by atoms with van der Waals surface area (Å²) in [7, 11) is -3.88. The summed E-state index contributed by atoms with van der Waals surface area (Å²) in [5, 5.41) is 19.4. The van der Waals surface area contributed by atoms with Crippen LogP contribution >= 0.6 is 0 Å². The zero-order valence-electron chi connectivity index (χ0n) is 23.4. The molecule has 1 unspecified atom stereocenters. The Hall–Kier alpha value is -5.02. The van der Waals surface area contributed by atoms with Gasteiger partial charge < -0.3 is 20.5 Å². The number of aliphatic hydroxyl groups is 1. The van der Waals surface area contributed by atoms with Gasteiger partial charge in [-0.05, 0) is 59.7 Å². The highest BCUT2D eigenvalue weighted by atomic mass is 32.2. The topological polar surface area (TPSA) is 135 Å². The number of nitrogens with one attached hydrogen (secondary N) is 2. The number of benzene rings is 3. The van der Waals surface area contributed by atoms with E-state index >= 15 is 0 Å². The standard InChI is InChI=1S/C30H25F4N5O5S/c1-45(42,43)25-7-3-6-24(44-17-30(32,33)34)27(25)37-29-36-26-13-10-20(15-39(26)38-29)18-8-11-22(12-9-18)35-28(41)23(16-40)19-4-2-5-21(31)14-19/h2-15,23,40H,16-17H2,1H3,(H,35,41)(H,37,38). The molecular formula is C30H25F4N5O5S. The first-order chi connectivity index (χ1) is 21.3. The maximum Gasteiger partial charge on any atom is 0.422 e. The van der Waals surface area contributed by atoms with Crippen LogP contribution in [-0.4, -0.2) is 59.7 Å². The molecule has 3 aromatic carbocycles. The second-order valence-electron chi connectivity index (χ2n) is 9.94. The molecule has 0 spiro atoms. The Balaban J connectivity index is 1.36. The van der Waals surface area contributed by atoms with Crippen LogP contribution < -0.4 is 15.4 Å². The summed E-state index contributed by atoms with van der Waals surface area (Å²) < 4.78 is 83.1. The number of para-hydroxylation sites is 1. The molecule has 234 valence electrons. The number of ether oxygens (including phenoxy) is 1. The van der Waals surface area contributed by atoms with Crippen LogP contribution in [0, 0.1) is 5.82 Å². The van der Waals surface area contributed by atoms with Gasteiger partial charge >= 0.3 is 6.18 Å². The number of alkyl halides is 3. The van der Waals surface area contributed by atoms with Crippen molar-refractivity contribution in [2.45, 2.75) is 17.0 Å². The van der Waals surface area contributed by atoms with Crippen molar-refractivity contribution in [3.8, 4) is 16.9 Å². The second-order valence-corrected chi connectivity index (χ2v) is 11.9. The summed E-state index contributed by atoms with van der Waals surface area (Å²) in [5.74, 6) is -2.43. The van der Waals surface area contributed by atoms with Gasteiger partial charge in [0.25, 0.3) is 0 Å². The summed E-state index contributed by atoms with van der Waals surface area (Å²) in [6.45, 7) is -2.14. The van der Waals surface area contributed by atoms with Crippen LogP contribution in [0.5, 0.6) is 5.75 Å². The van der Waals surface area contributed by atoms with Gasteiger partial charge in [-0.15, -0.1) is 5.10 Å². The van der Waals surface area contributed by atoms with Crippen molar-refractivity contribution >= 4 is 38.7 Å². The Morgan fingerprint density at radius 3 is 2.40 bits per heavy atom.